The molecule has 1 fully saturated rings. The first-order chi connectivity index (χ1) is 3.80. The minimum absolute atomic E-state index is 0. The number of hydrogen-bond donors (Lipinski definition) is 2. The molecule has 0 aromatic carbocycles. The fourth-order valence-corrected chi connectivity index (χ4v) is 0.756. The van der Waals surface area contributed by atoms with Crippen LogP contribution in [0.2, 0.25) is 0 Å². The van der Waals surface area contributed by atoms with E-state index in [-0.39, 0.29) is 18.3 Å². The van der Waals surface area contributed by atoms with Gasteiger partial charge in [-0.25, -0.2) is 0 Å². The van der Waals surface area contributed by atoms with E-state index in [1.165, 1.54) is 0 Å². The van der Waals surface area contributed by atoms with Gasteiger partial charge >= 0.3 is 0 Å². The molecule has 0 bridgehead atoms. The highest BCUT2D eigenvalue weighted by molar-refractivity contribution is 5.85. The molecular formula is C5H10ClNO2. The van der Waals surface area contributed by atoms with Crippen molar-refractivity contribution in [2.75, 3.05) is 6.54 Å². The summed E-state index contributed by atoms with van der Waals surface area (Å²) in [5, 5.41) is 11.3. The monoisotopic (exact) mass is 151 g/mol. The van der Waals surface area contributed by atoms with Gasteiger partial charge in [0.2, 0.25) is 5.91 Å². The molecule has 1 atom stereocenters. The Morgan fingerprint density at radius 3 is 2.67 bits per heavy atom. The van der Waals surface area contributed by atoms with E-state index < -0.39 is 6.10 Å². The van der Waals surface area contributed by atoms with Crippen LogP contribution in [-0.2, 0) is 4.79 Å². The number of carbonyl (C=O) groups excluding carboxylic acids is 1. The topological polar surface area (TPSA) is 49.3 Å². The third-order valence-corrected chi connectivity index (χ3v) is 1.26. The van der Waals surface area contributed by atoms with E-state index in [1.54, 1.807) is 0 Å². The van der Waals surface area contributed by atoms with Crippen molar-refractivity contribution in [3.63, 3.8) is 0 Å². The molecule has 1 rings (SSSR count). The predicted molar refractivity (Wildman–Crippen MR) is 35.5 cm³/mol. The van der Waals surface area contributed by atoms with Crippen LogP contribution in [0.25, 0.3) is 0 Å². The second kappa shape index (κ2) is 3.69. The van der Waals surface area contributed by atoms with Gasteiger partial charge in [0.15, 0.2) is 0 Å². The van der Waals surface area contributed by atoms with Crippen molar-refractivity contribution in [2.24, 2.45) is 0 Å². The van der Waals surface area contributed by atoms with Gasteiger partial charge in [0.1, 0.15) is 6.10 Å². The standard InChI is InChI=1S/C5H9NO2.ClH/c7-4-2-1-3-6-5(4)8;/h4,7H,1-3H2,(H,6,8);1H/t4-;/m0./s1. The Hall–Kier alpha value is -0.280. The first kappa shape index (κ1) is 8.72. The second-order valence-electron chi connectivity index (χ2n) is 1.95. The summed E-state index contributed by atoms with van der Waals surface area (Å²) in [6.07, 6.45) is 0.766. The highest BCUT2D eigenvalue weighted by Gasteiger charge is 2.17. The Morgan fingerprint density at radius 2 is 2.33 bits per heavy atom. The summed E-state index contributed by atoms with van der Waals surface area (Å²) in [7, 11) is 0. The predicted octanol–water partition coefficient (Wildman–Crippen LogP) is -0.321. The van der Waals surface area contributed by atoms with Crippen LogP contribution in [-0.4, -0.2) is 23.7 Å². The molecule has 0 saturated carbocycles. The van der Waals surface area contributed by atoms with Crippen LogP contribution >= 0.6 is 12.4 Å². The molecule has 0 radical (unpaired) electrons. The lowest BCUT2D eigenvalue weighted by Crippen LogP contribution is -2.39. The zero-order chi connectivity index (χ0) is 5.98. The van der Waals surface area contributed by atoms with Crippen molar-refractivity contribution in [3.05, 3.63) is 0 Å². The minimum Gasteiger partial charge on any atom is -0.383 e. The molecule has 1 aliphatic heterocycles. The van der Waals surface area contributed by atoms with Gasteiger partial charge in [-0.15, -0.1) is 12.4 Å². The summed E-state index contributed by atoms with van der Waals surface area (Å²) >= 11 is 0. The molecule has 2 N–H and O–H groups in total. The van der Waals surface area contributed by atoms with E-state index in [9.17, 15) is 4.79 Å². The Labute approximate surface area is 59.9 Å². The molecule has 1 saturated heterocycles. The molecular weight excluding hydrogens is 142 g/mol. The van der Waals surface area contributed by atoms with Crippen molar-refractivity contribution < 1.29 is 9.90 Å². The number of carbonyl (C=O) groups is 1. The van der Waals surface area contributed by atoms with E-state index in [4.69, 9.17) is 5.11 Å². The van der Waals surface area contributed by atoms with Crippen LogP contribution in [0.3, 0.4) is 0 Å². The minimum atomic E-state index is -0.747. The highest BCUT2D eigenvalue weighted by atomic mass is 35.5. The van der Waals surface area contributed by atoms with Gasteiger partial charge in [-0.3, -0.25) is 4.79 Å². The summed E-state index contributed by atoms with van der Waals surface area (Å²) in [5.41, 5.74) is 0. The maximum atomic E-state index is 10.4. The van der Waals surface area contributed by atoms with Crippen LogP contribution < -0.4 is 5.32 Å². The van der Waals surface area contributed by atoms with E-state index in [0.29, 0.717) is 6.42 Å². The molecule has 0 aliphatic carbocycles. The Morgan fingerprint density at radius 1 is 1.67 bits per heavy atom. The summed E-state index contributed by atoms with van der Waals surface area (Å²) in [6, 6.07) is 0. The number of halogens is 1. The van der Waals surface area contributed by atoms with Crippen LogP contribution in [0.1, 0.15) is 12.8 Å². The summed E-state index contributed by atoms with van der Waals surface area (Å²) in [6.45, 7) is 0.718. The smallest absolute Gasteiger partial charge is 0.248 e. The Bertz CT molecular complexity index is 107. The molecule has 1 amide bonds. The third-order valence-electron chi connectivity index (χ3n) is 1.26. The van der Waals surface area contributed by atoms with Gasteiger partial charge in [-0.05, 0) is 12.8 Å². The van der Waals surface area contributed by atoms with Gasteiger partial charge < -0.3 is 10.4 Å². The molecule has 0 unspecified atom stereocenters. The average molecular weight is 152 g/mol. The summed E-state index contributed by atoms with van der Waals surface area (Å²) < 4.78 is 0. The number of aliphatic hydroxyl groups excluding tert-OH is 1. The van der Waals surface area contributed by atoms with Crippen molar-refractivity contribution >= 4 is 18.3 Å². The van der Waals surface area contributed by atoms with Gasteiger partial charge in [0.25, 0.3) is 0 Å². The molecule has 54 valence electrons. The lowest BCUT2D eigenvalue weighted by atomic mass is 10.1. The number of nitrogens with one attached hydrogen (secondary N) is 1. The van der Waals surface area contributed by atoms with E-state index >= 15 is 0 Å². The second-order valence-corrected chi connectivity index (χ2v) is 1.95. The first-order valence-corrected chi connectivity index (χ1v) is 2.76. The largest absolute Gasteiger partial charge is 0.383 e. The van der Waals surface area contributed by atoms with Gasteiger partial charge in [-0.1, -0.05) is 0 Å². The fraction of sp³-hybridized carbons (Fsp3) is 0.800. The zero-order valence-electron chi connectivity index (χ0n) is 4.96. The summed E-state index contributed by atoms with van der Waals surface area (Å²) in [5.74, 6) is -0.226. The SMILES string of the molecule is Cl.O=C1NCCC[C@@H]1O. The Kier molecular flexibility index (Phi) is 3.58. The average Bonchev–Trinajstić information content (AvgIpc) is 1.77. The normalized spacial score (nSPS) is 26.3. The van der Waals surface area contributed by atoms with Crippen LogP contribution in [0, 0.1) is 0 Å². The molecule has 3 nitrogen and oxygen atoms in total. The lowest BCUT2D eigenvalue weighted by Gasteiger charge is -2.15. The maximum absolute atomic E-state index is 10.4. The van der Waals surface area contributed by atoms with Crippen LogP contribution in [0.4, 0.5) is 0 Å². The highest BCUT2D eigenvalue weighted by Crippen LogP contribution is 2.00. The van der Waals surface area contributed by atoms with E-state index in [0.717, 1.165) is 13.0 Å². The number of aliphatic hydroxyl groups is 1. The van der Waals surface area contributed by atoms with E-state index in [2.05, 4.69) is 5.32 Å². The molecule has 0 aromatic rings. The van der Waals surface area contributed by atoms with Crippen molar-refractivity contribution in [2.45, 2.75) is 18.9 Å². The first-order valence-electron chi connectivity index (χ1n) is 2.76. The molecule has 0 spiro atoms. The molecule has 1 aliphatic rings. The molecule has 0 aromatic heterocycles. The van der Waals surface area contributed by atoms with Gasteiger partial charge in [0.05, 0.1) is 0 Å². The fourth-order valence-electron chi connectivity index (χ4n) is 0.756. The van der Waals surface area contributed by atoms with E-state index in [1.807, 2.05) is 0 Å². The van der Waals surface area contributed by atoms with Crippen molar-refractivity contribution in [3.8, 4) is 0 Å². The zero-order valence-corrected chi connectivity index (χ0v) is 5.78. The van der Waals surface area contributed by atoms with Crippen molar-refractivity contribution in [1.82, 2.24) is 5.32 Å². The number of amides is 1. The third kappa shape index (κ3) is 2.20. The van der Waals surface area contributed by atoms with Crippen LogP contribution in [0.5, 0.6) is 0 Å². The van der Waals surface area contributed by atoms with Gasteiger partial charge in [-0.2, -0.15) is 0 Å². The lowest BCUT2D eigenvalue weighted by molar-refractivity contribution is -0.131. The summed E-state index contributed by atoms with van der Waals surface area (Å²) in [4.78, 5) is 10.4. The Balaban J connectivity index is 0.000000640. The quantitative estimate of drug-likeness (QED) is 0.499. The number of piperidine rings is 1. The van der Waals surface area contributed by atoms with Gasteiger partial charge in [0, 0.05) is 6.54 Å². The molecule has 1 heterocycles. The molecule has 4 heteroatoms. The van der Waals surface area contributed by atoms with Crippen molar-refractivity contribution in [1.29, 1.82) is 0 Å². The number of hydrogen-bond acceptors (Lipinski definition) is 2. The molecule has 9 heavy (non-hydrogen) atoms. The van der Waals surface area contributed by atoms with Crippen LogP contribution in [0.15, 0.2) is 0 Å². The maximum Gasteiger partial charge on any atom is 0.248 e. The number of rotatable bonds is 0.